The van der Waals surface area contributed by atoms with Crippen LogP contribution in [-0.4, -0.2) is 44.6 Å². The number of amides is 2. The van der Waals surface area contributed by atoms with Gasteiger partial charge in [0.1, 0.15) is 12.4 Å². The lowest BCUT2D eigenvalue weighted by Gasteiger charge is -2.29. The Kier molecular flexibility index (Phi) is 7.11. The number of aryl methyl sites for hydroxylation is 1. The molecule has 1 aliphatic heterocycles. The second-order valence-corrected chi connectivity index (χ2v) is 7.08. The lowest BCUT2D eigenvalue weighted by molar-refractivity contribution is -0.125. The number of fused-ring (bicyclic) bond motifs is 1. The Bertz CT molecular complexity index is 853. The van der Waals surface area contributed by atoms with Crippen LogP contribution >= 0.6 is 0 Å². The predicted octanol–water partition coefficient (Wildman–Crippen LogP) is 3.14. The first-order valence-corrected chi connectivity index (χ1v) is 10.2. The highest BCUT2D eigenvalue weighted by Gasteiger charge is 2.23. The van der Waals surface area contributed by atoms with Gasteiger partial charge in [-0.25, -0.2) is 0 Å². The topological polar surface area (TPSA) is 61.9 Å². The molecule has 0 atom stereocenters. The van der Waals surface area contributed by atoms with Gasteiger partial charge in [0.05, 0.1) is 12.2 Å². The predicted molar refractivity (Wildman–Crippen MR) is 116 cm³/mol. The van der Waals surface area contributed by atoms with Crippen LogP contribution in [0, 0.1) is 6.92 Å². The number of hydrogen-bond acceptors (Lipinski definition) is 4. The van der Waals surface area contributed by atoms with E-state index in [0.717, 1.165) is 18.8 Å². The molecule has 0 saturated carbocycles. The Morgan fingerprint density at radius 3 is 2.66 bits per heavy atom. The fourth-order valence-electron chi connectivity index (χ4n) is 3.57. The number of hydrogen-bond donors (Lipinski definition) is 1. The average molecular weight is 396 g/mol. The maximum Gasteiger partial charge on any atom is 0.227 e. The number of para-hydroxylation sites is 3. The Balaban J connectivity index is 1.44. The zero-order chi connectivity index (χ0) is 20.6. The number of nitrogens with one attached hydrogen (secondary N) is 1. The van der Waals surface area contributed by atoms with Crippen LogP contribution in [0.15, 0.2) is 48.5 Å². The summed E-state index contributed by atoms with van der Waals surface area (Å²) >= 11 is 0. The van der Waals surface area contributed by atoms with E-state index in [1.807, 2.05) is 36.4 Å². The Morgan fingerprint density at radius 2 is 1.86 bits per heavy atom. The molecule has 154 valence electrons. The SMILES string of the molecule is CCN(CCNC(=O)CCC(=O)N1CCOc2ccccc21)c1ccccc1C. The van der Waals surface area contributed by atoms with Crippen LogP contribution in [0.5, 0.6) is 5.75 Å². The van der Waals surface area contributed by atoms with Crippen LogP contribution in [-0.2, 0) is 9.59 Å². The summed E-state index contributed by atoms with van der Waals surface area (Å²) in [5, 5.41) is 2.94. The summed E-state index contributed by atoms with van der Waals surface area (Å²) in [7, 11) is 0. The smallest absolute Gasteiger partial charge is 0.227 e. The third kappa shape index (κ3) is 5.28. The highest BCUT2D eigenvalue weighted by atomic mass is 16.5. The van der Waals surface area contributed by atoms with Crippen LogP contribution < -0.4 is 19.9 Å². The minimum Gasteiger partial charge on any atom is -0.490 e. The summed E-state index contributed by atoms with van der Waals surface area (Å²) < 4.78 is 5.58. The van der Waals surface area contributed by atoms with Crippen molar-refractivity contribution in [3.63, 3.8) is 0 Å². The van der Waals surface area contributed by atoms with Crippen LogP contribution in [0.1, 0.15) is 25.3 Å². The average Bonchev–Trinajstić information content (AvgIpc) is 2.75. The normalized spacial score (nSPS) is 12.7. The van der Waals surface area contributed by atoms with Gasteiger partial charge < -0.3 is 19.9 Å². The second kappa shape index (κ2) is 9.96. The van der Waals surface area contributed by atoms with Crippen molar-refractivity contribution < 1.29 is 14.3 Å². The van der Waals surface area contributed by atoms with Gasteiger partial charge in [0.15, 0.2) is 0 Å². The molecule has 0 radical (unpaired) electrons. The standard InChI is InChI=1S/C23H29N3O3/c1-3-25(19-9-5-4-8-18(19)2)15-14-24-22(27)12-13-23(28)26-16-17-29-21-11-7-6-10-20(21)26/h4-11H,3,12-17H2,1-2H3,(H,24,27). The first-order chi connectivity index (χ1) is 14.1. The number of ether oxygens (including phenoxy) is 1. The summed E-state index contributed by atoms with van der Waals surface area (Å²) in [6.45, 7) is 7.34. The maximum absolute atomic E-state index is 12.6. The van der Waals surface area contributed by atoms with Gasteiger partial charge in [-0.2, -0.15) is 0 Å². The molecular formula is C23H29N3O3. The fraction of sp³-hybridized carbons (Fsp3) is 0.391. The molecule has 2 aromatic rings. The summed E-state index contributed by atoms with van der Waals surface area (Å²) in [6, 6.07) is 15.7. The molecule has 2 aromatic carbocycles. The largest absolute Gasteiger partial charge is 0.490 e. The van der Waals surface area contributed by atoms with Crippen molar-refractivity contribution in [2.75, 3.05) is 42.6 Å². The van der Waals surface area contributed by atoms with E-state index in [9.17, 15) is 9.59 Å². The van der Waals surface area contributed by atoms with Gasteiger partial charge >= 0.3 is 0 Å². The fourth-order valence-corrected chi connectivity index (χ4v) is 3.57. The summed E-state index contributed by atoms with van der Waals surface area (Å²) in [6.07, 6.45) is 0.379. The van der Waals surface area contributed by atoms with Gasteiger partial charge in [-0.3, -0.25) is 9.59 Å². The molecule has 29 heavy (non-hydrogen) atoms. The van der Waals surface area contributed by atoms with E-state index >= 15 is 0 Å². The van der Waals surface area contributed by atoms with Crippen LogP contribution in [0.25, 0.3) is 0 Å². The highest BCUT2D eigenvalue weighted by Crippen LogP contribution is 2.31. The number of nitrogens with zero attached hydrogens (tertiary/aromatic N) is 2. The molecule has 1 aliphatic rings. The summed E-state index contributed by atoms with van der Waals surface area (Å²) in [5.41, 5.74) is 3.18. The van der Waals surface area contributed by atoms with Crippen LogP contribution in [0.2, 0.25) is 0 Å². The summed E-state index contributed by atoms with van der Waals surface area (Å²) in [4.78, 5) is 28.8. The van der Waals surface area contributed by atoms with Gasteiger partial charge in [0.2, 0.25) is 11.8 Å². The quantitative estimate of drug-likeness (QED) is 0.746. The molecule has 0 bridgehead atoms. The van der Waals surface area contributed by atoms with E-state index < -0.39 is 0 Å². The number of likely N-dealkylation sites (N-methyl/N-ethyl adjacent to an activating group) is 1. The lowest BCUT2D eigenvalue weighted by atomic mass is 10.2. The molecule has 0 spiro atoms. The molecule has 0 unspecified atom stereocenters. The monoisotopic (exact) mass is 395 g/mol. The van der Waals surface area contributed by atoms with Crippen molar-refractivity contribution >= 4 is 23.2 Å². The van der Waals surface area contributed by atoms with E-state index in [0.29, 0.717) is 25.4 Å². The maximum atomic E-state index is 12.6. The number of carbonyl (C=O) groups excluding carboxylic acids is 2. The van der Waals surface area contributed by atoms with E-state index in [1.54, 1.807) is 4.90 Å². The van der Waals surface area contributed by atoms with Gasteiger partial charge in [-0.15, -0.1) is 0 Å². The van der Waals surface area contributed by atoms with Crippen molar-refractivity contribution in [2.45, 2.75) is 26.7 Å². The van der Waals surface area contributed by atoms with Gasteiger partial charge in [-0.05, 0) is 37.6 Å². The van der Waals surface area contributed by atoms with E-state index in [1.165, 1.54) is 11.3 Å². The first-order valence-electron chi connectivity index (χ1n) is 10.2. The Labute approximate surface area is 172 Å². The number of benzene rings is 2. The van der Waals surface area contributed by atoms with Crippen molar-refractivity contribution in [3.8, 4) is 5.75 Å². The molecule has 0 aromatic heterocycles. The summed E-state index contributed by atoms with van der Waals surface area (Å²) in [5.74, 6) is 0.569. The van der Waals surface area contributed by atoms with E-state index in [-0.39, 0.29) is 24.7 Å². The molecule has 0 aliphatic carbocycles. The number of rotatable bonds is 8. The minimum absolute atomic E-state index is 0.0500. The van der Waals surface area contributed by atoms with Crippen LogP contribution in [0.4, 0.5) is 11.4 Å². The molecule has 3 rings (SSSR count). The lowest BCUT2D eigenvalue weighted by Crippen LogP contribution is -2.39. The molecule has 2 amide bonds. The van der Waals surface area contributed by atoms with Crippen LogP contribution in [0.3, 0.4) is 0 Å². The van der Waals surface area contributed by atoms with Crippen molar-refractivity contribution in [3.05, 3.63) is 54.1 Å². The molecule has 6 nitrogen and oxygen atoms in total. The van der Waals surface area contributed by atoms with E-state index in [4.69, 9.17) is 4.74 Å². The Hall–Kier alpha value is -3.02. The third-order valence-electron chi connectivity index (χ3n) is 5.14. The molecule has 1 heterocycles. The third-order valence-corrected chi connectivity index (χ3v) is 5.14. The molecule has 0 saturated heterocycles. The zero-order valence-corrected chi connectivity index (χ0v) is 17.2. The molecular weight excluding hydrogens is 366 g/mol. The minimum atomic E-state index is -0.0965. The highest BCUT2D eigenvalue weighted by molar-refractivity contribution is 5.97. The zero-order valence-electron chi connectivity index (χ0n) is 17.2. The van der Waals surface area contributed by atoms with Crippen molar-refractivity contribution in [1.82, 2.24) is 5.32 Å². The Morgan fingerprint density at radius 1 is 1.10 bits per heavy atom. The van der Waals surface area contributed by atoms with Crippen molar-refractivity contribution in [2.24, 2.45) is 0 Å². The van der Waals surface area contributed by atoms with Gasteiger partial charge in [-0.1, -0.05) is 30.3 Å². The second-order valence-electron chi connectivity index (χ2n) is 7.08. The number of carbonyl (C=O) groups is 2. The molecule has 0 fully saturated rings. The molecule has 1 N–H and O–H groups in total. The number of anilines is 2. The van der Waals surface area contributed by atoms with Gasteiger partial charge in [0, 0.05) is 38.2 Å². The van der Waals surface area contributed by atoms with Gasteiger partial charge in [0.25, 0.3) is 0 Å². The first kappa shape index (κ1) is 20.7. The molecule has 6 heteroatoms. The van der Waals surface area contributed by atoms with Crippen molar-refractivity contribution in [1.29, 1.82) is 0 Å². The van der Waals surface area contributed by atoms with E-state index in [2.05, 4.69) is 36.2 Å².